The van der Waals surface area contributed by atoms with Gasteiger partial charge in [-0.05, 0) is 42.8 Å². The zero-order valence-corrected chi connectivity index (χ0v) is 15.9. The van der Waals surface area contributed by atoms with Crippen molar-refractivity contribution in [3.63, 3.8) is 0 Å². The maximum absolute atomic E-state index is 12.7. The van der Waals surface area contributed by atoms with Crippen molar-refractivity contribution in [2.75, 3.05) is 36.5 Å². The normalized spacial score (nSPS) is 16.6. The fraction of sp³-hybridized carbons (Fsp3) is 0.316. The van der Waals surface area contributed by atoms with Crippen molar-refractivity contribution in [1.29, 1.82) is 0 Å². The van der Waals surface area contributed by atoms with Crippen LogP contribution in [0.3, 0.4) is 0 Å². The average molecular weight is 405 g/mol. The predicted molar refractivity (Wildman–Crippen MR) is 108 cm³/mol. The summed E-state index contributed by atoms with van der Waals surface area (Å²) in [5.41, 5.74) is 0.626. The molecule has 1 unspecified atom stereocenters. The summed E-state index contributed by atoms with van der Waals surface area (Å²) in [6.45, 7) is 1.81. The third kappa shape index (κ3) is 4.41. The molecule has 2 aromatic carbocycles. The molecule has 1 saturated heterocycles. The van der Waals surface area contributed by atoms with Crippen molar-refractivity contribution in [2.24, 2.45) is 0 Å². The third-order valence-electron chi connectivity index (χ3n) is 4.67. The maximum atomic E-state index is 12.7. The fourth-order valence-electron chi connectivity index (χ4n) is 3.35. The van der Waals surface area contributed by atoms with E-state index < -0.39 is 10.8 Å². The molecule has 0 aromatic heterocycles. The van der Waals surface area contributed by atoms with Gasteiger partial charge in [0.1, 0.15) is 11.3 Å². The molecule has 0 spiro atoms. The number of aliphatic hydroxyl groups excluding tert-OH is 1. The first kappa shape index (κ1) is 20.1. The summed E-state index contributed by atoms with van der Waals surface area (Å²) in [5.74, 6) is -0.565. The Hall–Kier alpha value is -2.68. The van der Waals surface area contributed by atoms with Gasteiger partial charge < -0.3 is 20.6 Å². The molecule has 1 aliphatic rings. The minimum atomic E-state index is -0.565. The van der Waals surface area contributed by atoms with E-state index in [0.717, 1.165) is 0 Å². The van der Waals surface area contributed by atoms with E-state index in [2.05, 4.69) is 10.6 Å². The second-order valence-corrected chi connectivity index (χ2v) is 6.89. The topological polar surface area (TPSA) is 108 Å². The van der Waals surface area contributed by atoms with Gasteiger partial charge >= 0.3 is 5.69 Å². The highest BCUT2D eigenvalue weighted by molar-refractivity contribution is 6.30. The van der Waals surface area contributed by atoms with E-state index in [9.17, 15) is 20.0 Å². The van der Waals surface area contributed by atoms with E-state index in [-0.39, 0.29) is 23.9 Å². The Kier molecular flexibility index (Phi) is 6.45. The molecular weight excluding hydrogens is 384 g/mol. The number of aliphatic hydroxyl groups is 1. The van der Waals surface area contributed by atoms with Crippen LogP contribution in [0, 0.1) is 10.1 Å². The summed E-state index contributed by atoms with van der Waals surface area (Å²) in [6, 6.07) is 11.1. The van der Waals surface area contributed by atoms with E-state index in [1.54, 1.807) is 36.4 Å². The van der Waals surface area contributed by atoms with Gasteiger partial charge in [-0.1, -0.05) is 17.7 Å². The van der Waals surface area contributed by atoms with Crippen molar-refractivity contribution < 1.29 is 14.8 Å². The molecule has 1 aliphatic heterocycles. The van der Waals surface area contributed by atoms with Gasteiger partial charge in [-0.25, -0.2) is 0 Å². The van der Waals surface area contributed by atoms with Gasteiger partial charge in [-0.2, -0.15) is 0 Å². The van der Waals surface area contributed by atoms with E-state index in [4.69, 9.17) is 11.6 Å². The molecular formula is C19H21ClN4O4. The van der Waals surface area contributed by atoms with Gasteiger partial charge in [-0.15, -0.1) is 0 Å². The largest absolute Gasteiger partial charge is 0.396 e. The molecule has 0 bridgehead atoms. The number of para-hydroxylation sites is 1. The number of benzene rings is 2. The lowest BCUT2D eigenvalue weighted by atomic mass is 10.0. The lowest BCUT2D eigenvalue weighted by molar-refractivity contribution is -0.384. The lowest BCUT2D eigenvalue weighted by Gasteiger charge is -2.37. The maximum Gasteiger partial charge on any atom is 0.305 e. The Morgan fingerprint density at radius 3 is 2.75 bits per heavy atom. The van der Waals surface area contributed by atoms with E-state index in [1.807, 2.05) is 4.90 Å². The number of halogens is 1. The van der Waals surface area contributed by atoms with Crippen molar-refractivity contribution in [1.82, 2.24) is 5.32 Å². The number of anilines is 2. The summed E-state index contributed by atoms with van der Waals surface area (Å²) >= 11 is 5.85. The molecule has 1 fully saturated rings. The van der Waals surface area contributed by atoms with Crippen LogP contribution in [-0.2, 0) is 0 Å². The van der Waals surface area contributed by atoms with Gasteiger partial charge in [0, 0.05) is 43.0 Å². The molecule has 9 heteroatoms. The number of hydrogen-bond acceptors (Lipinski definition) is 6. The number of amides is 1. The molecule has 8 nitrogen and oxygen atoms in total. The van der Waals surface area contributed by atoms with Crippen LogP contribution >= 0.6 is 11.6 Å². The van der Waals surface area contributed by atoms with E-state index in [1.165, 1.54) is 6.07 Å². The van der Waals surface area contributed by atoms with Crippen molar-refractivity contribution in [3.05, 3.63) is 63.2 Å². The minimum Gasteiger partial charge on any atom is -0.396 e. The Bertz CT molecular complexity index is 858. The summed E-state index contributed by atoms with van der Waals surface area (Å²) in [6.07, 6.45) is 0.478. The van der Waals surface area contributed by atoms with Crippen LogP contribution in [0.5, 0.6) is 0 Å². The molecule has 1 amide bonds. The molecule has 1 atom stereocenters. The Balaban J connectivity index is 1.95. The second kappa shape index (κ2) is 9.01. The highest BCUT2D eigenvalue weighted by Crippen LogP contribution is 2.34. The molecule has 0 radical (unpaired) electrons. The molecule has 3 rings (SSSR count). The van der Waals surface area contributed by atoms with E-state index >= 15 is 0 Å². The van der Waals surface area contributed by atoms with Crippen molar-refractivity contribution >= 4 is 34.6 Å². The zero-order chi connectivity index (χ0) is 20.1. The fourth-order valence-corrected chi connectivity index (χ4v) is 3.48. The standard InChI is InChI=1S/C19H21ClN4O4/c20-13-4-6-14(7-5-13)22-19(26)16-2-1-3-17(18(16)24(27)28)23-10-9-21-12-15(23)8-11-25/h1-7,15,21,25H,8-12H2,(H,22,26). The van der Waals surface area contributed by atoms with Crippen molar-refractivity contribution in [2.45, 2.75) is 12.5 Å². The van der Waals surface area contributed by atoms with Gasteiger partial charge in [-0.3, -0.25) is 14.9 Å². The van der Waals surface area contributed by atoms with Gasteiger partial charge in [0.2, 0.25) is 0 Å². The van der Waals surface area contributed by atoms with Gasteiger partial charge in [0.15, 0.2) is 0 Å². The summed E-state index contributed by atoms with van der Waals surface area (Å²) in [4.78, 5) is 26.0. The molecule has 2 aromatic rings. The highest BCUT2D eigenvalue weighted by atomic mass is 35.5. The smallest absolute Gasteiger partial charge is 0.305 e. The first-order valence-electron chi connectivity index (χ1n) is 8.94. The minimum absolute atomic E-state index is 0.0151. The number of nitrogens with one attached hydrogen (secondary N) is 2. The second-order valence-electron chi connectivity index (χ2n) is 6.46. The summed E-state index contributed by atoms with van der Waals surface area (Å²) in [7, 11) is 0. The van der Waals surface area contributed by atoms with Crippen LogP contribution in [0.15, 0.2) is 42.5 Å². The SMILES string of the molecule is O=C(Nc1ccc(Cl)cc1)c1cccc(N2CCNCC2CCO)c1[N+](=O)[O-]. The van der Waals surface area contributed by atoms with Crippen LogP contribution in [0.25, 0.3) is 0 Å². The van der Waals surface area contributed by atoms with Gasteiger partial charge in [0.05, 0.1) is 4.92 Å². The van der Waals surface area contributed by atoms with Gasteiger partial charge in [0.25, 0.3) is 5.91 Å². The van der Waals surface area contributed by atoms with Crippen LogP contribution in [0.1, 0.15) is 16.8 Å². The average Bonchev–Trinajstić information content (AvgIpc) is 2.69. The molecule has 0 saturated carbocycles. The monoisotopic (exact) mass is 404 g/mol. The number of hydrogen-bond donors (Lipinski definition) is 3. The first-order chi connectivity index (χ1) is 13.5. The van der Waals surface area contributed by atoms with Crippen LogP contribution in [0.2, 0.25) is 5.02 Å². The summed E-state index contributed by atoms with van der Waals surface area (Å²) in [5, 5.41) is 27.6. The number of rotatable bonds is 6. The number of carbonyl (C=O) groups excluding carboxylic acids is 1. The number of piperazine rings is 1. The Morgan fingerprint density at radius 1 is 1.32 bits per heavy atom. The molecule has 0 aliphatic carbocycles. The molecule has 3 N–H and O–H groups in total. The van der Waals surface area contributed by atoms with Crippen LogP contribution in [0.4, 0.5) is 17.1 Å². The quantitative estimate of drug-likeness (QED) is 0.504. The first-order valence-corrected chi connectivity index (χ1v) is 9.31. The Labute approximate surface area is 167 Å². The molecule has 148 valence electrons. The third-order valence-corrected chi connectivity index (χ3v) is 4.92. The Morgan fingerprint density at radius 2 is 2.07 bits per heavy atom. The number of nitro benzene ring substituents is 1. The molecule has 28 heavy (non-hydrogen) atoms. The predicted octanol–water partition coefficient (Wildman–Crippen LogP) is 2.66. The summed E-state index contributed by atoms with van der Waals surface area (Å²) < 4.78 is 0. The zero-order valence-electron chi connectivity index (χ0n) is 15.1. The van der Waals surface area contributed by atoms with E-state index in [0.29, 0.717) is 42.5 Å². The van der Waals surface area contributed by atoms with Crippen molar-refractivity contribution in [3.8, 4) is 0 Å². The number of nitrogens with zero attached hydrogens (tertiary/aromatic N) is 2. The molecule has 1 heterocycles. The van der Waals surface area contributed by atoms with Crippen LogP contribution < -0.4 is 15.5 Å². The van der Waals surface area contributed by atoms with Crippen LogP contribution in [-0.4, -0.2) is 48.2 Å². The highest BCUT2D eigenvalue weighted by Gasteiger charge is 2.31. The lowest BCUT2D eigenvalue weighted by Crippen LogP contribution is -2.52. The number of nitro groups is 1. The number of carbonyl (C=O) groups is 1.